The summed E-state index contributed by atoms with van der Waals surface area (Å²) in [6.07, 6.45) is 1.37. The molecular weight excluding hydrogens is 312 g/mol. The van der Waals surface area contributed by atoms with Crippen LogP contribution in [0, 0.1) is 13.8 Å². The third-order valence-corrected chi connectivity index (χ3v) is 3.72. The largest absolute Gasteiger partial charge is 0.459 e. The molecule has 0 aliphatic carbocycles. The molecule has 0 N–H and O–H groups in total. The topological polar surface area (TPSA) is 81.9 Å². The number of hydrogen-bond acceptors (Lipinski definition) is 6. The van der Waals surface area contributed by atoms with Crippen LogP contribution in [0.5, 0.6) is 0 Å². The highest BCUT2D eigenvalue weighted by molar-refractivity contribution is 5.95. The van der Waals surface area contributed by atoms with Gasteiger partial charge >= 0.3 is 5.97 Å². The fraction of sp³-hybridized carbons (Fsp3) is 0.706. The summed E-state index contributed by atoms with van der Waals surface area (Å²) in [5, 5.41) is 0. The summed E-state index contributed by atoms with van der Waals surface area (Å²) < 4.78 is 16.1. The molecule has 0 saturated carbocycles. The summed E-state index contributed by atoms with van der Waals surface area (Å²) in [6.45, 7) is 9.83. The lowest BCUT2D eigenvalue weighted by atomic mass is 10.1. The minimum atomic E-state index is -0.595. The van der Waals surface area contributed by atoms with Crippen molar-refractivity contribution < 1.29 is 23.5 Å². The smallest absolute Gasteiger partial charge is 0.326 e. The summed E-state index contributed by atoms with van der Waals surface area (Å²) in [4.78, 5) is 30.9. The van der Waals surface area contributed by atoms with Gasteiger partial charge in [-0.05, 0) is 40.5 Å². The maximum absolute atomic E-state index is 12.9. The van der Waals surface area contributed by atoms with E-state index >= 15 is 0 Å². The third kappa shape index (κ3) is 4.80. The Hall–Kier alpha value is -1.89. The molecule has 0 bridgehead atoms. The Morgan fingerprint density at radius 3 is 2.38 bits per heavy atom. The number of oxazole rings is 1. The number of esters is 1. The fourth-order valence-corrected chi connectivity index (χ4v) is 2.74. The van der Waals surface area contributed by atoms with Crippen LogP contribution in [-0.4, -0.2) is 53.2 Å². The zero-order chi connectivity index (χ0) is 17.9. The van der Waals surface area contributed by atoms with Crippen molar-refractivity contribution in [1.29, 1.82) is 0 Å². The van der Waals surface area contributed by atoms with Crippen LogP contribution in [0.4, 0.5) is 0 Å². The molecule has 2 heterocycles. The Morgan fingerprint density at radius 1 is 1.25 bits per heavy atom. The lowest BCUT2D eigenvalue weighted by molar-refractivity contribution is -0.156. The molecule has 0 radical (unpaired) electrons. The quantitative estimate of drug-likeness (QED) is 0.783. The second-order valence-electron chi connectivity index (χ2n) is 7.00. The normalized spacial score (nSPS) is 16.0. The van der Waals surface area contributed by atoms with Crippen LogP contribution < -0.4 is 0 Å². The van der Waals surface area contributed by atoms with Crippen molar-refractivity contribution in [2.75, 3.05) is 19.8 Å². The summed E-state index contributed by atoms with van der Waals surface area (Å²) in [7, 11) is 0. The van der Waals surface area contributed by atoms with Crippen LogP contribution >= 0.6 is 0 Å². The first-order valence-corrected chi connectivity index (χ1v) is 8.22. The molecule has 1 aliphatic rings. The zero-order valence-electron chi connectivity index (χ0n) is 15.0. The van der Waals surface area contributed by atoms with E-state index in [0.29, 0.717) is 37.7 Å². The summed E-state index contributed by atoms with van der Waals surface area (Å²) in [5.41, 5.74) is -0.343. The van der Waals surface area contributed by atoms with Gasteiger partial charge < -0.3 is 18.8 Å². The van der Waals surface area contributed by atoms with Gasteiger partial charge in [0.2, 0.25) is 0 Å². The van der Waals surface area contributed by atoms with E-state index in [-0.39, 0.29) is 24.2 Å². The lowest BCUT2D eigenvalue weighted by Crippen LogP contribution is -2.47. The number of carbonyl (C=O) groups is 2. The van der Waals surface area contributed by atoms with Crippen LogP contribution in [0.2, 0.25) is 0 Å². The van der Waals surface area contributed by atoms with Gasteiger partial charge in [-0.3, -0.25) is 9.59 Å². The van der Waals surface area contributed by atoms with Gasteiger partial charge in [0.05, 0.1) is 0 Å². The number of hydrogen-bond donors (Lipinski definition) is 0. The number of aromatic nitrogens is 1. The average molecular weight is 338 g/mol. The number of nitrogens with zero attached hydrogens (tertiary/aromatic N) is 2. The van der Waals surface area contributed by atoms with Gasteiger partial charge in [0.25, 0.3) is 5.91 Å². The molecule has 2 rings (SSSR count). The van der Waals surface area contributed by atoms with Crippen molar-refractivity contribution in [1.82, 2.24) is 9.88 Å². The fourth-order valence-electron chi connectivity index (χ4n) is 2.74. The van der Waals surface area contributed by atoms with Crippen LogP contribution in [-0.2, 0) is 14.3 Å². The molecule has 134 valence electrons. The second kappa shape index (κ2) is 7.34. The molecule has 7 nitrogen and oxygen atoms in total. The van der Waals surface area contributed by atoms with Crippen LogP contribution in [0.1, 0.15) is 55.8 Å². The molecule has 1 aromatic rings. The summed E-state index contributed by atoms with van der Waals surface area (Å²) in [5.74, 6) is 0.154. The molecule has 24 heavy (non-hydrogen) atoms. The number of ether oxygens (including phenoxy) is 2. The average Bonchev–Trinajstić information content (AvgIpc) is 2.82. The molecule has 0 atom stereocenters. The highest BCUT2D eigenvalue weighted by atomic mass is 16.6. The number of carbonyl (C=O) groups excluding carboxylic acids is 2. The SMILES string of the molecule is Cc1nc(C(=O)N(CC(=O)OC(C)(C)C)C2CCOCC2)c(C)o1. The Kier molecular flexibility index (Phi) is 5.64. The standard InChI is InChI=1S/C17H26N2O5/c1-11-15(18-12(2)23-11)16(21)19(13-6-8-22-9-7-13)10-14(20)24-17(3,4)5/h13H,6-10H2,1-5H3. The van der Waals surface area contributed by atoms with E-state index in [0.717, 1.165) is 0 Å². The van der Waals surface area contributed by atoms with Crippen molar-refractivity contribution >= 4 is 11.9 Å². The molecule has 7 heteroatoms. The lowest BCUT2D eigenvalue weighted by Gasteiger charge is -2.34. The van der Waals surface area contributed by atoms with Gasteiger partial charge in [-0.2, -0.15) is 0 Å². The highest BCUT2D eigenvalue weighted by Crippen LogP contribution is 2.20. The van der Waals surface area contributed by atoms with Crippen LogP contribution in [0.25, 0.3) is 0 Å². The van der Waals surface area contributed by atoms with Crippen LogP contribution in [0.15, 0.2) is 4.42 Å². The maximum atomic E-state index is 12.9. The van der Waals surface area contributed by atoms with Gasteiger partial charge in [0.1, 0.15) is 17.9 Å². The Labute approximate surface area is 142 Å². The predicted octanol–water partition coefficient (Wildman–Crippen LogP) is 2.25. The molecule has 1 amide bonds. The van der Waals surface area contributed by atoms with Crippen molar-refractivity contribution in [3.63, 3.8) is 0 Å². The monoisotopic (exact) mass is 338 g/mol. The number of aryl methyl sites for hydroxylation is 2. The van der Waals surface area contributed by atoms with Gasteiger partial charge in [0, 0.05) is 26.2 Å². The first kappa shape index (κ1) is 18.4. The molecule has 1 fully saturated rings. The number of amides is 1. The van der Waals surface area contributed by atoms with Crippen molar-refractivity contribution in [2.24, 2.45) is 0 Å². The first-order valence-electron chi connectivity index (χ1n) is 8.22. The Bertz CT molecular complexity index is 597. The van der Waals surface area contributed by atoms with Crippen molar-refractivity contribution in [2.45, 2.75) is 59.1 Å². The van der Waals surface area contributed by atoms with Crippen molar-refractivity contribution in [3.05, 3.63) is 17.3 Å². The van der Waals surface area contributed by atoms with E-state index in [1.807, 2.05) is 0 Å². The molecule has 0 unspecified atom stereocenters. The zero-order valence-corrected chi connectivity index (χ0v) is 15.0. The van der Waals surface area contributed by atoms with E-state index in [2.05, 4.69) is 4.98 Å². The van der Waals surface area contributed by atoms with Crippen molar-refractivity contribution in [3.8, 4) is 0 Å². The minimum absolute atomic E-state index is 0.0739. The Morgan fingerprint density at radius 2 is 1.88 bits per heavy atom. The first-order chi connectivity index (χ1) is 11.2. The summed E-state index contributed by atoms with van der Waals surface area (Å²) in [6, 6.07) is -0.0739. The Balaban J connectivity index is 2.20. The van der Waals surface area contributed by atoms with E-state index < -0.39 is 11.6 Å². The second-order valence-corrected chi connectivity index (χ2v) is 7.00. The van der Waals surface area contributed by atoms with Gasteiger partial charge in [-0.15, -0.1) is 0 Å². The molecular formula is C17H26N2O5. The van der Waals surface area contributed by atoms with E-state index in [9.17, 15) is 9.59 Å². The number of rotatable bonds is 4. The molecule has 1 aliphatic heterocycles. The van der Waals surface area contributed by atoms with Gasteiger partial charge in [0.15, 0.2) is 11.6 Å². The third-order valence-electron chi connectivity index (χ3n) is 3.72. The van der Waals surface area contributed by atoms with Gasteiger partial charge in [-0.25, -0.2) is 4.98 Å². The molecule has 0 aromatic carbocycles. The molecule has 0 spiro atoms. The maximum Gasteiger partial charge on any atom is 0.326 e. The summed E-state index contributed by atoms with van der Waals surface area (Å²) >= 11 is 0. The van der Waals surface area contributed by atoms with E-state index in [4.69, 9.17) is 13.9 Å². The molecule has 1 saturated heterocycles. The highest BCUT2D eigenvalue weighted by Gasteiger charge is 2.32. The van der Waals surface area contributed by atoms with E-state index in [1.54, 1.807) is 39.5 Å². The van der Waals surface area contributed by atoms with Gasteiger partial charge in [-0.1, -0.05) is 0 Å². The van der Waals surface area contributed by atoms with Crippen LogP contribution in [0.3, 0.4) is 0 Å². The molecule has 1 aromatic heterocycles. The van der Waals surface area contributed by atoms with E-state index in [1.165, 1.54) is 0 Å². The minimum Gasteiger partial charge on any atom is -0.459 e. The predicted molar refractivity (Wildman–Crippen MR) is 86.7 cm³/mol.